The third-order valence-electron chi connectivity index (χ3n) is 4.25. The molecule has 134 valence electrons. The lowest BCUT2D eigenvalue weighted by molar-refractivity contribution is -0.126. The number of amides is 1. The van der Waals surface area contributed by atoms with E-state index in [0.29, 0.717) is 26.4 Å². The number of para-hydroxylation sites is 1. The predicted molar refractivity (Wildman–Crippen MR) is 92.2 cm³/mol. The number of carbonyl (C=O) groups is 1. The zero-order valence-electron chi connectivity index (χ0n) is 14.4. The van der Waals surface area contributed by atoms with Crippen molar-refractivity contribution in [3.05, 3.63) is 30.3 Å². The van der Waals surface area contributed by atoms with Crippen LogP contribution in [0.15, 0.2) is 30.3 Å². The third kappa shape index (κ3) is 6.47. The van der Waals surface area contributed by atoms with Crippen LogP contribution in [0.5, 0.6) is 5.75 Å². The number of methoxy groups -OCH3 is 1. The predicted octanol–water partition coefficient (Wildman–Crippen LogP) is 1.21. The molecular weight excluding hydrogens is 308 g/mol. The van der Waals surface area contributed by atoms with E-state index in [1.165, 1.54) is 0 Å². The summed E-state index contributed by atoms with van der Waals surface area (Å²) >= 11 is 0. The van der Waals surface area contributed by atoms with Crippen LogP contribution in [0.4, 0.5) is 0 Å². The minimum atomic E-state index is -0.0938. The molecule has 6 heteroatoms. The molecule has 0 radical (unpaired) electrons. The second kappa shape index (κ2) is 10.3. The van der Waals surface area contributed by atoms with Gasteiger partial charge in [0, 0.05) is 19.1 Å². The van der Waals surface area contributed by atoms with Crippen molar-refractivity contribution in [1.29, 1.82) is 0 Å². The Labute approximate surface area is 143 Å². The molecule has 1 amide bonds. The highest BCUT2D eigenvalue weighted by Gasteiger charge is 2.32. The zero-order chi connectivity index (χ0) is 17.1. The quantitative estimate of drug-likeness (QED) is 0.629. The summed E-state index contributed by atoms with van der Waals surface area (Å²) in [6.07, 6.45) is 2.01. The summed E-state index contributed by atoms with van der Waals surface area (Å²) in [4.78, 5) is 11.9. The maximum atomic E-state index is 11.9. The van der Waals surface area contributed by atoms with Crippen molar-refractivity contribution in [1.82, 2.24) is 10.6 Å². The summed E-state index contributed by atoms with van der Waals surface area (Å²) < 4.78 is 16.2. The molecule has 0 saturated carbocycles. The highest BCUT2D eigenvalue weighted by atomic mass is 16.5. The average molecular weight is 336 g/mol. The molecule has 2 N–H and O–H groups in total. The van der Waals surface area contributed by atoms with Gasteiger partial charge in [-0.05, 0) is 38.1 Å². The third-order valence-corrected chi connectivity index (χ3v) is 4.25. The van der Waals surface area contributed by atoms with Crippen LogP contribution >= 0.6 is 0 Å². The number of carbonyl (C=O) groups excluding carboxylic acids is 1. The van der Waals surface area contributed by atoms with E-state index in [9.17, 15) is 4.79 Å². The average Bonchev–Trinajstić information content (AvgIpc) is 2.62. The van der Waals surface area contributed by atoms with Gasteiger partial charge in [0.25, 0.3) is 0 Å². The Balaban J connectivity index is 1.58. The van der Waals surface area contributed by atoms with Crippen molar-refractivity contribution in [2.75, 3.05) is 53.2 Å². The van der Waals surface area contributed by atoms with Crippen molar-refractivity contribution in [3.63, 3.8) is 0 Å². The first kappa shape index (κ1) is 18.7. The molecular formula is C18H28N2O4. The lowest BCUT2D eigenvalue weighted by atomic mass is 9.79. The summed E-state index contributed by atoms with van der Waals surface area (Å²) in [5, 5.41) is 6.31. The number of rotatable bonds is 10. The van der Waals surface area contributed by atoms with E-state index in [1.54, 1.807) is 7.11 Å². The lowest BCUT2D eigenvalue weighted by Crippen LogP contribution is -2.47. The molecule has 1 heterocycles. The summed E-state index contributed by atoms with van der Waals surface area (Å²) in [7, 11) is 1.71. The summed E-state index contributed by atoms with van der Waals surface area (Å²) in [6, 6.07) is 9.55. The molecule has 0 atom stereocenters. The van der Waals surface area contributed by atoms with Crippen LogP contribution in [0.3, 0.4) is 0 Å². The number of hydrogen-bond acceptors (Lipinski definition) is 5. The summed E-state index contributed by atoms with van der Waals surface area (Å²) in [6.45, 7) is 4.09. The Hall–Kier alpha value is -1.63. The van der Waals surface area contributed by atoms with Crippen LogP contribution in [0.1, 0.15) is 12.8 Å². The van der Waals surface area contributed by atoms with Gasteiger partial charge in [-0.15, -0.1) is 0 Å². The number of hydrogen-bond donors (Lipinski definition) is 2. The number of nitrogens with one attached hydrogen (secondary N) is 2. The highest BCUT2D eigenvalue weighted by Crippen LogP contribution is 2.28. The fourth-order valence-electron chi connectivity index (χ4n) is 2.87. The molecule has 24 heavy (non-hydrogen) atoms. The monoisotopic (exact) mass is 336 g/mol. The Morgan fingerprint density at radius 1 is 1.21 bits per heavy atom. The van der Waals surface area contributed by atoms with E-state index < -0.39 is 0 Å². The number of benzene rings is 1. The van der Waals surface area contributed by atoms with E-state index in [1.807, 2.05) is 30.3 Å². The number of piperidine rings is 1. The van der Waals surface area contributed by atoms with Crippen LogP contribution in [0.2, 0.25) is 0 Å². The topological polar surface area (TPSA) is 68.8 Å². The second-order valence-electron chi connectivity index (χ2n) is 6.17. The lowest BCUT2D eigenvalue weighted by Gasteiger charge is -2.37. The second-order valence-corrected chi connectivity index (χ2v) is 6.17. The minimum absolute atomic E-state index is 0.0338. The van der Waals surface area contributed by atoms with Gasteiger partial charge < -0.3 is 24.8 Å². The van der Waals surface area contributed by atoms with Gasteiger partial charge >= 0.3 is 0 Å². The van der Waals surface area contributed by atoms with Crippen LogP contribution < -0.4 is 15.4 Å². The SMILES string of the molecule is COCC1(CNC(=O)COCCOc2ccccc2)CCNCC1. The molecule has 1 saturated heterocycles. The van der Waals surface area contributed by atoms with Gasteiger partial charge in [0.05, 0.1) is 13.2 Å². The standard InChI is InChI=1S/C18H28N2O4/c1-22-15-18(7-9-19-10-8-18)14-20-17(21)13-23-11-12-24-16-5-3-2-4-6-16/h2-6,19H,7-15H2,1H3,(H,20,21). The van der Waals surface area contributed by atoms with Crippen molar-refractivity contribution in [2.24, 2.45) is 5.41 Å². The molecule has 1 aliphatic rings. The first-order chi connectivity index (χ1) is 11.7. The Bertz CT molecular complexity index is 470. The van der Waals surface area contributed by atoms with Crippen molar-refractivity contribution in [2.45, 2.75) is 12.8 Å². The number of ether oxygens (including phenoxy) is 3. The molecule has 0 bridgehead atoms. The van der Waals surface area contributed by atoms with Gasteiger partial charge in [0.15, 0.2) is 0 Å². The fraction of sp³-hybridized carbons (Fsp3) is 0.611. The molecule has 0 aromatic heterocycles. The van der Waals surface area contributed by atoms with Crippen LogP contribution in [0, 0.1) is 5.41 Å². The van der Waals surface area contributed by atoms with Gasteiger partial charge in [-0.1, -0.05) is 18.2 Å². The smallest absolute Gasteiger partial charge is 0.246 e. The maximum absolute atomic E-state index is 11.9. The van der Waals surface area contributed by atoms with E-state index in [0.717, 1.165) is 31.7 Å². The fourth-order valence-corrected chi connectivity index (χ4v) is 2.87. The van der Waals surface area contributed by atoms with Crippen molar-refractivity contribution in [3.8, 4) is 5.75 Å². The maximum Gasteiger partial charge on any atom is 0.246 e. The molecule has 0 aliphatic carbocycles. The molecule has 2 rings (SSSR count). The molecule has 1 aliphatic heterocycles. The Morgan fingerprint density at radius 3 is 2.67 bits per heavy atom. The normalized spacial score (nSPS) is 16.5. The van der Waals surface area contributed by atoms with Gasteiger partial charge in [0.1, 0.15) is 19.0 Å². The molecule has 1 aromatic carbocycles. The Kier molecular flexibility index (Phi) is 8.01. The first-order valence-electron chi connectivity index (χ1n) is 8.46. The molecule has 0 spiro atoms. The van der Waals surface area contributed by atoms with Gasteiger partial charge in [0.2, 0.25) is 5.91 Å². The zero-order valence-corrected chi connectivity index (χ0v) is 14.4. The van der Waals surface area contributed by atoms with Gasteiger partial charge in [-0.25, -0.2) is 0 Å². The van der Waals surface area contributed by atoms with Gasteiger partial charge in [-0.3, -0.25) is 4.79 Å². The largest absolute Gasteiger partial charge is 0.491 e. The minimum Gasteiger partial charge on any atom is -0.491 e. The van der Waals surface area contributed by atoms with Crippen LogP contribution in [0.25, 0.3) is 0 Å². The highest BCUT2D eigenvalue weighted by molar-refractivity contribution is 5.77. The molecule has 1 fully saturated rings. The van der Waals surface area contributed by atoms with Gasteiger partial charge in [-0.2, -0.15) is 0 Å². The Morgan fingerprint density at radius 2 is 1.96 bits per heavy atom. The molecule has 0 unspecified atom stereocenters. The van der Waals surface area contributed by atoms with E-state index in [-0.39, 0.29) is 17.9 Å². The molecule has 1 aromatic rings. The van der Waals surface area contributed by atoms with Crippen molar-refractivity contribution >= 4 is 5.91 Å². The summed E-state index contributed by atoms with van der Waals surface area (Å²) in [5.74, 6) is 0.710. The van der Waals surface area contributed by atoms with E-state index >= 15 is 0 Å². The first-order valence-corrected chi connectivity index (χ1v) is 8.46. The van der Waals surface area contributed by atoms with Crippen LogP contribution in [-0.4, -0.2) is 59.1 Å². The summed E-state index contributed by atoms with van der Waals surface area (Å²) in [5.41, 5.74) is 0.0338. The van der Waals surface area contributed by atoms with E-state index in [2.05, 4.69) is 10.6 Å². The molecule has 6 nitrogen and oxygen atoms in total. The van der Waals surface area contributed by atoms with Crippen molar-refractivity contribution < 1.29 is 19.0 Å². The van der Waals surface area contributed by atoms with E-state index in [4.69, 9.17) is 14.2 Å². The van der Waals surface area contributed by atoms with Crippen LogP contribution in [-0.2, 0) is 14.3 Å².